The topological polar surface area (TPSA) is 50.7 Å². The van der Waals surface area contributed by atoms with Crippen molar-refractivity contribution in [2.75, 3.05) is 6.61 Å². The second kappa shape index (κ2) is 7.95. The summed E-state index contributed by atoms with van der Waals surface area (Å²) in [5.74, 6) is 0.842. The number of aryl methyl sites for hydroxylation is 2. The number of benzene rings is 1. The maximum atomic E-state index is 12.0. The lowest BCUT2D eigenvalue weighted by Crippen LogP contribution is -2.27. The van der Waals surface area contributed by atoms with Crippen molar-refractivity contribution >= 4 is 11.6 Å². The minimum Gasteiger partial charge on any atom is -0.484 e. The molecule has 1 unspecified atom stereocenters. The summed E-state index contributed by atoms with van der Waals surface area (Å²) >= 11 is 0. The highest BCUT2D eigenvalue weighted by atomic mass is 16.5. The van der Waals surface area contributed by atoms with E-state index in [0.29, 0.717) is 11.7 Å². The van der Waals surface area contributed by atoms with E-state index in [-0.39, 0.29) is 12.5 Å². The lowest BCUT2D eigenvalue weighted by Gasteiger charge is -2.22. The summed E-state index contributed by atoms with van der Waals surface area (Å²) < 4.78 is 5.55. The van der Waals surface area contributed by atoms with Gasteiger partial charge in [-0.05, 0) is 75.3 Å². The van der Waals surface area contributed by atoms with Gasteiger partial charge in [0.25, 0.3) is 5.91 Å². The maximum Gasteiger partial charge on any atom is 0.277 e. The molecule has 1 aromatic carbocycles. The predicted octanol–water partition coefficient (Wildman–Crippen LogP) is 4.09. The number of hydrazone groups is 1. The Morgan fingerprint density at radius 3 is 2.58 bits per heavy atom. The third-order valence-electron chi connectivity index (χ3n) is 4.18. The number of ether oxygens (including phenoxy) is 1. The number of nitrogens with one attached hydrogen (secondary N) is 1. The Morgan fingerprint density at radius 1 is 1.29 bits per heavy atom. The first kappa shape index (κ1) is 18.0. The van der Waals surface area contributed by atoms with E-state index < -0.39 is 0 Å². The SMILES string of the molecule is C=C(C)C1CC=C(C)/C(=N\NC(=O)COc2cc(C)cc(C)c2)C1. The molecule has 1 N–H and O–H groups in total. The molecule has 0 saturated carbocycles. The van der Waals surface area contributed by atoms with Crippen molar-refractivity contribution in [3.05, 3.63) is 53.1 Å². The summed E-state index contributed by atoms with van der Waals surface area (Å²) in [5, 5.41) is 4.27. The van der Waals surface area contributed by atoms with Crippen molar-refractivity contribution in [1.29, 1.82) is 0 Å². The molecule has 0 aliphatic heterocycles. The largest absolute Gasteiger partial charge is 0.484 e. The van der Waals surface area contributed by atoms with Gasteiger partial charge in [0.1, 0.15) is 5.75 Å². The van der Waals surface area contributed by atoms with Crippen molar-refractivity contribution in [1.82, 2.24) is 5.43 Å². The first-order chi connectivity index (χ1) is 11.3. The normalized spacial score (nSPS) is 18.9. The number of hydrogen-bond acceptors (Lipinski definition) is 3. The molecular formula is C20H26N2O2. The zero-order chi connectivity index (χ0) is 17.7. The number of carbonyl (C=O) groups excluding carboxylic acids is 1. The molecule has 0 heterocycles. The Labute approximate surface area is 144 Å². The van der Waals surface area contributed by atoms with Crippen LogP contribution in [0.2, 0.25) is 0 Å². The summed E-state index contributed by atoms with van der Waals surface area (Å²) in [6.07, 6.45) is 3.96. The predicted molar refractivity (Wildman–Crippen MR) is 98.3 cm³/mol. The van der Waals surface area contributed by atoms with E-state index in [2.05, 4.69) is 29.2 Å². The van der Waals surface area contributed by atoms with Crippen LogP contribution in [0.5, 0.6) is 5.75 Å². The fourth-order valence-corrected chi connectivity index (χ4v) is 2.75. The van der Waals surface area contributed by atoms with Crippen molar-refractivity contribution in [3.8, 4) is 5.75 Å². The Kier molecular flexibility index (Phi) is 5.96. The van der Waals surface area contributed by atoms with Crippen LogP contribution in [-0.4, -0.2) is 18.2 Å². The van der Waals surface area contributed by atoms with Gasteiger partial charge in [-0.3, -0.25) is 4.79 Å². The van der Waals surface area contributed by atoms with Gasteiger partial charge < -0.3 is 4.74 Å². The van der Waals surface area contributed by atoms with E-state index in [1.165, 1.54) is 0 Å². The van der Waals surface area contributed by atoms with Crippen LogP contribution in [0.4, 0.5) is 0 Å². The van der Waals surface area contributed by atoms with E-state index >= 15 is 0 Å². The maximum absolute atomic E-state index is 12.0. The Balaban J connectivity index is 1.91. The lowest BCUT2D eigenvalue weighted by molar-refractivity contribution is -0.123. The van der Waals surface area contributed by atoms with Crippen LogP contribution < -0.4 is 10.2 Å². The zero-order valence-electron chi connectivity index (χ0n) is 15.0. The molecule has 1 aliphatic rings. The van der Waals surface area contributed by atoms with E-state index in [9.17, 15) is 4.79 Å². The number of allylic oxidation sites excluding steroid dienone is 3. The highest BCUT2D eigenvalue weighted by Crippen LogP contribution is 2.26. The summed E-state index contributed by atoms with van der Waals surface area (Å²) in [4.78, 5) is 12.0. The lowest BCUT2D eigenvalue weighted by atomic mass is 9.85. The molecular weight excluding hydrogens is 300 g/mol. The van der Waals surface area contributed by atoms with Gasteiger partial charge in [-0.2, -0.15) is 5.10 Å². The number of amides is 1. The van der Waals surface area contributed by atoms with Gasteiger partial charge in [-0.1, -0.05) is 24.3 Å². The molecule has 1 aliphatic carbocycles. The molecule has 4 heteroatoms. The van der Waals surface area contributed by atoms with Crippen LogP contribution in [0.1, 0.15) is 37.8 Å². The van der Waals surface area contributed by atoms with Crippen LogP contribution in [0.3, 0.4) is 0 Å². The molecule has 0 saturated heterocycles. The number of nitrogens with zero attached hydrogens (tertiary/aromatic N) is 1. The van der Waals surface area contributed by atoms with Gasteiger partial charge >= 0.3 is 0 Å². The minimum absolute atomic E-state index is 0.0493. The van der Waals surface area contributed by atoms with Crippen molar-refractivity contribution in [3.63, 3.8) is 0 Å². The molecule has 1 aromatic rings. The van der Waals surface area contributed by atoms with Crippen molar-refractivity contribution < 1.29 is 9.53 Å². The molecule has 4 nitrogen and oxygen atoms in total. The number of hydrogen-bond donors (Lipinski definition) is 1. The zero-order valence-corrected chi connectivity index (χ0v) is 15.0. The van der Waals surface area contributed by atoms with E-state index in [4.69, 9.17) is 4.74 Å². The average molecular weight is 326 g/mol. The first-order valence-electron chi connectivity index (χ1n) is 8.24. The number of rotatable bonds is 5. The smallest absolute Gasteiger partial charge is 0.277 e. The van der Waals surface area contributed by atoms with E-state index in [1.807, 2.05) is 39.8 Å². The molecule has 0 radical (unpaired) electrons. The van der Waals surface area contributed by atoms with Crippen molar-refractivity contribution in [2.45, 2.75) is 40.5 Å². The Hall–Kier alpha value is -2.36. The molecule has 0 fully saturated rings. The second-order valence-corrected chi connectivity index (χ2v) is 6.58. The van der Waals surface area contributed by atoms with Crippen LogP contribution in [0.15, 0.2) is 47.1 Å². The third kappa shape index (κ3) is 5.08. The molecule has 1 amide bonds. The Morgan fingerprint density at radius 2 is 1.96 bits per heavy atom. The third-order valence-corrected chi connectivity index (χ3v) is 4.18. The van der Waals surface area contributed by atoms with Crippen LogP contribution in [0, 0.1) is 19.8 Å². The van der Waals surface area contributed by atoms with Crippen LogP contribution in [-0.2, 0) is 4.79 Å². The minimum atomic E-state index is -0.257. The molecule has 0 spiro atoms. The monoisotopic (exact) mass is 326 g/mol. The van der Waals surface area contributed by atoms with E-state index in [0.717, 1.165) is 40.8 Å². The quantitative estimate of drug-likeness (QED) is 0.654. The summed E-state index contributed by atoms with van der Waals surface area (Å²) in [7, 11) is 0. The van der Waals surface area contributed by atoms with Gasteiger partial charge in [0.15, 0.2) is 6.61 Å². The van der Waals surface area contributed by atoms with E-state index in [1.54, 1.807) is 0 Å². The highest BCUT2D eigenvalue weighted by Gasteiger charge is 2.18. The fraction of sp³-hybridized carbons (Fsp3) is 0.400. The van der Waals surface area contributed by atoms with Gasteiger partial charge in [-0.25, -0.2) is 5.43 Å². The molecule has 2 rings (SSSR count). The molecule has 0 aromatic heterocycles. The molecule has 128 valence electrons. The summed E-state index contributed by atoms with van der Waals surface area (Å²) in [6, 6.07) is 5.89. The van der Waals surface area contributed by atoms with Crippen LogP contribution in [0.25, 0.3) is 0 Å². The fourth-order valence-electron chi connectivity index (χ4n) is 2.75. The van der Waals surface area contributed by atoms with Gasteiger partial charge in [0.2, 0.25) is 0 Å². The van der Waals surface area contributed by atoms with Crippen LogP contribution >= 0.6 is 0 Å². The molecule has 1 atom stereocenters. The van der Waals surface area contributed by atoms with Gasteiger partial charge in [0.05, 0.1) is 5.71 Å². The highest BCUT2D eigenvalue weighted by molar-refractivity contribution is 6.01. The summed E-state index contributed by atoms with van der Waals surface area (Å²) in [5.41, 5.74) is 7.99. The molecule has 24 heavy (non-hydrogen) atoms. The molecule has 0 bridgehead atoms. The standard InChI is InChI=1S/C20H26N2O2/c1-13(2)17-7-6-16(5)19(11-17)21-22-20(23)12-24-18-9-14(3)8-15(4)10-18/h6,8-10,17H,1,7,11-12H2,2-5H3,(H,22,23)/b21-19-. The Bertz CT molecular complexity index is 681. The second-order valence-electron chi connectivity index (χ2n) is 6.58. The number of carbonyl (C=O) groups is 1. The van der Waals surface area contributed by atoms with Gasteiger partial charge in [-0.15, -0.1) is 0 Å². The van der Waals surface area contributed by atoms with Gasteiger partial charge in [0, 0.05) is 0 Å². The summed E-state index contributed by atoms with van der Waals surface area (Å²) in [6.45, 7) is 12.0. The average Bonchev–Trinajstić information content (AvgIpc) is 2.51. The first-order valence-corrected chi connectivity index (χ1v) is 8.24. The van der Waals surface area contributed by atoms with Crippen molar-refractivity contribution in [2.24, 2.45) is 11.0 Å².